The third-order valence-corrected chi connectivity index (χ3v) is 7.07. The molecule has 5 rings (SSSR count). The molecule has 1 aromatic heterocycles. The van der Waals surface area contributed by atoms with Crippen LogP contribution in [0.2, 0.25) is 0 Å². The van der Waals surface area contributed by atoms with Crippen LogP contribution in [0, 0.1) is 0 Å². The van der Waals surface area contributed by atoms with Gasteiger partial charge in [0, 0.05) is 57.1 Å². The van der Waals surface area contributed by atoms with Gasteiger partial charge in [0.15, 0.2) is 0 Å². The topological polar surface area (TPSA) is 99.5 Å². The van der Waals surface area contributed by atoms with Crippen molar-refractivity contribution in [1.29, 1.82) is 0 Å². The maximum atomic E-state index is 13.4. The number of hydrogen-bond donors (Lipinski definition) is 3. The lowest BCUT2D eigenvalue weighted by atomic mass is 9.79. The number of fused-ring (bicyclic) bond motifs is 1. The van der Waals surface area contributed by atoms with Crippen LogP contribution in [0.1, 0.15) is 34.9 Å². The average molecular weight is 474 g/mol. The van der Waals surface area contributed by atoms with Gasteiger partial charge < -0.3 is 25.2 Å². The molecule has 3 aromatic rings. The molecule has 1 fully saturated rings. The summed E-state index contributed by atoms with van der Waals surface area (Å²) in [5.41, 5.74) is 5.49. The molecule has 3 atom stereocenters. The summed E-state index contributed by atoms with van der Waals surface area (Å²) in [4.78, 5) is 32.1. The summed E-state index contributed by atoms with van der Waals surface area (Å²) < 4.78 is 1.91. The molecule has 35 heavy (non-hydrogen) atoms. The summed E-state index contributed by atoms with van der Waals surface area (Å²) in [5, 5.41) is 15.9. The van der Waals surface area contributed by atoms with Gasteiger partial charge >= 0.3 is 0 Å². The molecule has 1 unspecified atom stereocenters. The third kappa shape index (κ3) is 4.85. The van der Waals surface area contributed by atoms with Crippen LogP contribution in [0.5, 0.6) is 0 Å². The monoisotopic (exact) mass is 473 g/mol. The van der Waals surface area contributed by atoms with Gasteiger partial charge in [-0.1, -0.05) is 30.3 Å². The highest BCUT2D eigenvalue weighted by Crippen LogP contribution is 2.38. The molecule has 2 aliphatic rings. The van der Waals surface area contributed by atoms with E-state index in [0.29, 0.717) is 19.5 Å². The number of hydrogen-bond acceptors (Lipinski definition) is 5. The lowest BCUT2D eigenvalue weighted by Crippen LogP contribution is -2.36. The Morgan fingerprint density at radius 1 is 1.26 bits per heavy atom. The Morgan fingerprint density at radius 2 is 2.11 bits per heavy atom. The highest BCUT2D eigenvalue weighted by molar-refractivity contribution is 5.99. The molecule has 2 aliphatic heterocycles. The fourth-order valence-electron chi connectivity index (χ4n) is 5.30. The maximum absolute atomic E-state index is 13.4. The molecular formula is C27H31N5O3. The minimum Gasteiger partial charge on any atom is -0.392 e. The molecule has 1 saturated heterocycles. The number of amides is 2. The summed E-state index contributed by atoms with van der Waals surface area (Å²) in [7, 11) is 3.60. The molecule has 0 radical (unpaired) electrons. The van der Waals surface area contributed by atoms with E-state index in [4.69, 9.17) is 0 Å². The zero-order valence-corrected chi connectivity index (χ0v) is 20.1. The summed E-state index contributed by atoms with van der Waals surface area (Å²) in [6, 6.07) is 14.1. The molecule has 0 saturated carbocycles. The second-order valence-corrected chi connectivity index (χ2v) is 9.59. The van der Waals surface area contributed by atoms with Crippen molar-refractivity contribution in [2.45, 2.75) is 30.8 Å². The zero-order valence-electron chi connectivity index (χ0n) is 20.1. The second kappa shape index (κ2) is 9.64. The van der Waals surface area contributed by atoms with Crippen molar-refractivity contribution in [3.8, 4) is 11.3 Å². The first-order chi connectivity index (χ1) is 16.9. The van der Waals surface area contributed by atoms with Crippen LogP contribution < -0.4 is 10.6 Å². The predicted octanol–water partition coefficient (Wildman–Crippen LogP) is 2.26. The van der Waals surface area contributed by atoms with Gasteiger partial charge in [-0.05, 0) is 35.2 Å². The number of aryl methyl sites for hydroxylation is 1. The molecule has 3 heterocycles. The summed E-state index contributed by atoms with van der Waals surface area (Å²) in [6.07, 6.45) is 4.50. The summed E-state index contributed by atoms with van der Waals surface area (Å²) in [6.45, 7) is 2.01. The first kappa shape index (κ1) is 23.3. The smallest absolute Gasteiger partial charge is 0.228 e. The number of likely N-dealkylation sites (N-methyl/N-ethyl adjacent to an activating group) is 1. The number of anilines is 1. The van der Waals surface area contributed by atoms with Crippen LogP contribution in [0.15, 0.2) is 55.0 Å². The minimum atomic E-state index is -0.473. The number of β-amino-alcohol motifs (C(OH)–C–C–N with tert-alkyl or cyclic N) is 1. The predicted molar refractivity (Wildman–Crippen MR) is 134 cm³/mol. The van der Waals surface area contributed by atoms with Gasteiger partial charge in [0.2, 0.25) is 11.8 Å². The van der Waals surface area contributed by atoms with Gasteiger partial charge in [-0.2, -0.15) is 0 Å². The van der Waals surface area contributed by atoms with Gasteiger partial charge in [0.1, 0.15) is 0 Å². The van der Waals surface area contributed by atoms with Crippen molar-refractivity contribution in [2.24, 2.45) is 7.05 Å². The first-order valence-corrected chi connectivity index (χ1v) is 12.0. The molecule has 2 aromatic carbocycles. The summed E-state index contributed by atoms with van der Waals surface area (Å²) in [5.74, 6) is -0.750. The van der Waals surface area contributed by atoms with Crippen LogP contribution in [-0.2, 0) is 23.1 Å². The van der Waals surface area contributed by atoms with E-state index in [2.05, 4.69) is 32.7 Å². The van der Waals surface area contributed by atoms with Crippen LogP contribution in [0.4, 0.5) is 5.69 Å². The van der Waals surface area contributed by atoms with E-state index in [-0.39, 0.29) is 23.8 Å². The van der Waals surface area contributed by atoms with Crippen molar-refractivity contribution in [2.75, 3.05) is 32.0 Å². The van der Waals surface area contributed by atoms with Crippen molar-refractivity contribution >= 4 is 17.5 Å². The number of imidazole rings is 1. The maximum Gasteiger partial charge on any atom is 0.228 e. The Bertz CT molecular complexity index is 1250. The van der Waals surface area contributed by atoms with Gasteiger partial charge in [-0.3, -0.25) is 9.59 Å². The van der Waals surface area contributed by atoms with Crippen molar-refractivity contribution in [3.05, 3.63) is 71.7 Å². The Hall–Kier alpha value is -3.49. The standard InChI is InChI=1S/C27H31N5O3/c1-28-27(35)26(20-7-6-19-12-25(34)30-23(19)11-20)22(14-32-9-8-21(33)13-32)17-4-3-5-18(10-17)24-15-31(2)16-29-24/h3-7,10-11,15-16,21-22,26,33H,8-9,12-14H2,1-2H3,(H,28,35)(H,30,34)/t21-,22+,26?/m0/s1. The van der Waals surface area contributed by atoms with Crippen LogP contribution in [0.25, 0.3) is 11.3 Å². The van der Waals surface area contributed by atoms with Crippen molar-refractivity contribution < 1.29 is 14.7 Å². The molecular weight excluding hydrogens is 442 g/mol. The Balaban J connectivity index is 1.57. The van der Waals surface area contributed by atoms with Gasteiger partial charge in [0.05, 0.1) is 30.5 Å². The molecule has 8 nitrogen and oxygen atoms in total. The number of carbonyl (C=O) groups is 2. The van der Waals surface area contributed by atoms with E-state index in [0.717, 1.165) is 46.6 Å². The molecule has 3 N–H and O–H groups in total. The molecule has 182 valence electrons. The Morgan fingerprint density at radius 3 is 2.83 bits per heavy atom. The number of rotatable bonds is 7. The zero-order chi connectivity index (χ0) is 24.5. The van der Waals surface area contributed by atoms with E-state index in [1.807, 2.05) is 48.1 Å². The quantitative estimate of drug-likeness (QED) is 0.489. The first-order valence-electron chi connectivity index (χ1n) is 12.0. The highest BCUT2D eigenvalue weighted by atomic mass is 16.3. The van der Waals surface area contributed by atoms with Gasteiger partial charge in [-0.15, -0.1) is 0 Å². The van der Waals surface area contributed by atoms with E-state index < -0.39 is 5.92 Å². The van der Waals surface area contributed by atoms with Gasteiger partial charge in [0.25, 0.3) is 0 Å². The lowest BCUT2D eigenvalue weighted by molar-refractivity contribution is -0.122. The summed E-state index contributed by atoms with van der Waals surface area (Å²) >= 11 is 0. The lowest BCUT2D eigenvalue weighted by Gasteiger charge is -2.31. The van der Waals surface area contributed by atoms with Crippen LogP contribution >= 0.6 is 0 Å². The van der Waals surface area contributed by atoms with Crippen LogP contribution in [-0.4, -0.2) is 64.2 Å². The van der Waals surface area contributed by atoms with E-state index in [1.165, 1.54) is 0 Å². The second-order valence-electron chi connectivity index (χ2n) is 9.59. The third-order valence-electron chi connectivity index (χ3n) is 7.07. The number of benzene rings is 2. The number of aromatic nitrogens is 2. The molecule has 8 heteroatoms. The molecule has 0 aliphatic carbocycles. The normalized spacial score (nSPS) is 19.3. The number of nitrogens with zero attached hydrogens (tertiary/aromatic N) is 3. The number of aliphatic hydroxyl groups excluding tert-OH is 1. The van der Waals surface area contributed by atoms with Crippen LogP contribution in [0.3, 0.4) is 0 Å². The van der Waals surface area contributed by atoms with E-state index in [1.54, 1.807) is 13.4 Å². The SMILES string of the molecule is CNC(=O)C(c1ccc2c(c1)NC(=O)C2)[C@H](CN1CC[C@H](O)C1)c1cccc(-c2cn(C)cn2)c1. The van der Waals surface area contributed by atoms with E-state index in [9.17, 15) is 14.7 Å². The van der Waals surface area contributed by atoms with E-state index >= 15 is 0 Å². The Labute approximate surface area is 205 Å². The molecule has 0 spiro atoms. The van der Waals surface area contributed by atoms with Crippen molar-refractivity contribution in [1.82, 2.24) is 19.8 Å². The number of nitrogens with one attached hydrogen (secondary N) is 2. The number of aliphatic hydroxyl groups is 1. The minimum absolute atomic E-state index is 0.0284. The average Bonchev–Trinajstić information content (AvgIpc) is 3.57. The van der Waals surface area contributed by atoms with Gasteiger partial charge in [-0.25, -0.2) is 4.98 Å². The number of likely N-dealkylation sites (tertiary alicyclic amines) is 1. The van der Waals surface area contributed by atoms with Crippen molar-refractivity contribution in [3.63, 3.8) is 0 Å². The fraction of sp³-hybridized carbons (Fsp3) is 0.370. The molecule has 2 amide bonds. The number of carbonyl (C=O) groups excluding carboxylic acids is 2. The largest absolute Gasteiger partial charge is 0.392 e. The molecule has 0 bridgehead atoms. The highest BCUT2D eigenvalue weighted by Gasteiger charge is 2.35. The Kier molecular flexibility index (Phi) is 6.40. The fourth-order valence-corrected chi connectivity index (χ4v) is 5.30.